The first-order chi connectivity index (χ1) is 14.0. The minimum Gasteiger partial charge on any atom is -0.442 e. The summed E-state index contributed by atoms with van der Waals surface area (Å²) in [4.78, 5) is 40.1. The van der Waals surface area contributed by atoms with Gasteiger partial charge in [-0.2, -0.15) is 0 Å². The van der Waals surface area contributed by atoms with Gasteiger partial charge in [0.25, 0.3) is 5.91 Å². The highest BCUT2D eigenvalue weighted by molar-refractivity contribution is 7.18. The van der Waals surface area contributed by atoms with E-state index in [-0.39, 0.29) is 18.4 Å². The summed E-state index contributed by atoms with van der Waals surface area (Å²) in [5.41, 5.74) is 1.48. The largest absolute Gasteiger partial charge is 0.442 e. The van der Waals surface area contributed by atoms with E-state index in [0.29, 0.717) is 34.5 Å². The van der Waals surface area contributed by atoms with Crippen LogP contribution in [0.5, 0.6) is 0 Å². The molecule has 2 aliphatic heterocycles. The zero-order valence-electron chi connectivity index (χ0n) is 15.4. The second-order valence-electron chi connectivity index (χ2n) is 6.67. The van der Waals surface area contributed by atoms with Crippen molar-refractivity contribution >= 4 is 52.2 Å². The van der Waals surface area contributed by atoms with Crippen LogP contribution in [0.1, 0.15) is 9.67 Å². The number of benzene rings is 1. The van der Waals surface area contributed by atoms with Gasteiger partial charge in [-0.3, -0.25) is 14.5 Å². The van der Waals surface area contributed by atoms with E-state index in [4.69, 9.17) is 16.3 Å². The van der Waals surface area contributed by atoms with E-state index in [1.807, 2.05) is 12.1 Å². The number of hydrogen-bond donors (Lipinski definition) is 2. The molecular weight excluding hydrogens is 416 g/mol. The predicted octanol–water partition coefficient (Wildman–Crippen LogP) is 2.09. The van der Waals surface area contributed by atoms with Crippen LogP contribution in [0.25, 0.3) is 0 Å². The van der Waals surface area contributed by atoms with Gasteiger partial charge in [0.2, 0.25) is 5.91 Å². The van der Waals surface area contributed by atoms with Crippen LogP contribution < -0.4 is 20.4 Å². The first-order valence-electron chi connectivity index (χ1n) is 9.14. The molecule has 4 rings (SSSR count). The van der Waals surface area contributed by atoms with Crippen LogP contribution in [0.4, 0.5) is 16.2 Å². The number of piperazine rings is 1. The number of amides is 3. The third-order valence-electron chi connectivity index (χ3n) is 4.72. The Morgan fingerprint density at radius 3 is 2.55 bits per heavy atom. The van der Waals surface area contributed by atoms with Crippen LogP contribution in [0.2, 0.25) is 4.34 Å². The fourth-order valence-corrected chi connectivity index (χ4v) is 4.22. The molecule has 8 nitrogen and oxygen atoms in total. The predicted molar refractivity (Wildman–Crippen MR) is 111 cm³/mol. The lowest BCUT2D eigenvalue weighted by molar-refractivity contribution is -0.118. The molecule has 29 heavy (non-hydrogen) atoms. The topological polar surface area (TPSA) is 91.0 Å². The number of nitrogens with one attached hydrogen (secondary N) is 2. The van der Waals surface area contributed by atoms with Gasteiger partial charge in [-0.15, -0.1) is 11.3 Å². The van der Waals surface area contributed by atoms with Gasteiger partial charge in [0.15, 0.2) is 0 Å². The highest BCUT2D eigenvalue weighted by Crippen LogP contribution is 2.25. The lowest BCUT2D eigenvalue weighted by Crippen LogP contribution is -2.48. The summed E-state index contributed by atoms with van der Waals surface area (Å²) >= 11 is 7.04. The molecule has 2 aliphatic rings. The fraction of sp³-hybridized carbons (Fsp3) is 0.316. The Morgan fingerprint density at radius 2 is 1.90 bits per heavy atom. The number of hydrogen-bond acceptors (Lipinski definition) is 6. The molecule has 152 valence electrons. The van der Waals surface area contributed by atoms with Gasteiger partial charge < -0.3 is 20.3 Å². The van der Waals surface area contributed by atoms with Gasteiger partial charge in [0.1, 0.15) is 6.10 Å². The first-order valence-corrected chi connectivity index (χ1v) is 10.3. The Kier molecular flexibility index (Phi) is 5.70. The number of halogens is 1. The van der Waals surface area contributed by atoms with Gasteiger partial charge in [-0.1, -0.05) is 11.6 Å². The van der Waals surface area contributed by atoms with Gasteiger partial charge in [-0.05, 0) is 36.4 Å². The highest BCUT2D eigenvalue weighted by atomic mass is 35.5. The molecule has 3 heterocycles. The maximum Gasteiger partial charge on any atom is 0.414 e. The van der Waals surface area contributed by atoms with Crippen LogP contribution in [0.3, 0.4) is 0 Å². The summed E-state index contributed by atoms with van der Waals surface area (Å²) in [6, 6.07) is 10.5. The van der Waals surface area contributed by atoms with Gasteiger partial charge in [0.05, 0.1) is 28.8 Å². The van der Waals surface area contributed by atoms with E-state index in [9.17, 15) is 14.4 Å². The second kappa shape index (κ2) is 8.40. The molecule has 2 N–H and O–H groups in total. The highest BCUT2D eigenvalue weighted by Gasteiger charge is 2.32. The van der Waals surface area contributed by atoms with Crippen molar-refractivity contribution in [3.8, 4) is 0 Å². The minimum atomic E-state index is -0.464. The number of cyclic esters (lactones) is 1. The summed E-state index contributed by atoms with van der Waals surface area (Å²) in [5, 5.41) is 5.80. The van der Waals surface area contributed by atoms with Crippen LogP contribution in [0, 0.1) is 0 Å². The number of rotatable bonds is 5. The van der Waals surface area contributed by atoms with Crippen molar-refractivity contribution in [2.75, 3.05) is 42.5 Å². The lowest BCUT2D eigenvalue weighted by atomic mass is 10.2. The zero-order valence-corrected chi connectivity index (χ0v) is 17.0. The molecule has 1 unspecified atom stereocenters. The number of ether oxygens (including phenoxy) is 1. The molecule has 1 aromatic heterocycles. The summed E-state index contributed by atoms with van der Waals surface area (Å²) in [7, 11) is 0. The van der Waals surface area contributed by atoms with Crippen molar-refractivity contribution in [3.05, 3.63) is 45.6 Å². The molecule has 1 aromatic carbocycles. The fourth-order valence-electron chi connectivity index (χ4n) is 3.26. The van der Waals surface area contributed by atoms with Crippen molar-refractivity contribution in [3.63, 3.8) is 0 Å². The van der Waals surface area contributed by atoms with Gasteiger partial charge >= 0.3 is 6.09 Å². The van der Waals surface area contributed by atoms with E-state index in [0.717, 1.165) is 12.2 Å². The van der Waals surface area contributed by atoms with E-state index in [1.54, 1.807) is 29.2 Å². The Balaban J connectivity index is 1.35. The molecule has 0 spiro atoms. The van der Waals surface area contributed by atoms with Gasteiger partial charge in [0, 0.05) is 24.5 Å². The zero-order chi connectivity index (χ0) is 20.4. The summed E-state index contributed by atoms with van der Waals surface area (Å²) in [6.45, 7) is 2.23. The van der Waals surface area contributed by atoms with E-state index < -0.39 is 12.2 Å². The maximum atomic E-state index is 12.2. The van der Waals surface area contributed by atoms with E-state index in [2.05, 4.69) is 10.6 Å². The molecule has 2 aromatic rings. The number of anilines is 2. The lowest BCUT2D eigenvalue weighted by Gasteiger charge is -2.27. The summed E-state index contributed by atoms with van der Waals surface area (Å²) < 4.78 is 5.90. The molecule has 1 atom stereocenters. The Hall–Kier alpha value is -2.62. The molecule has 0 bridgehead atoms. The number of carbonyl (C=O) groups excluding carboxylic acids is 3. The van der Waals surface area contributed by atoms with E-state index >= 15 is 0 Å². The van der Waals surface area contributed by atoms with E-state index in [1.165, 1.54) is 16.2 Å². The molecule has 2 fully saturated rings. The van der Waals surface area contributed by atoms with Crippen LogP contribution in [0.15, 0.2) is 36.4 Å². The van der Waals surface area contributed by atoms with Crippen LogP contribution >= 0.6 is 22.9 Å². The smallest absolute Gasteiger partial charge is 0.414 e. The number of thiophene rings is 1. The van der Waals surface area contributed by atoms with Gasteiger partial charge in [-0.25, -0.2) is 4.79 Å². The van der Waals surface area contributed by atoms with Crippen LogP contribution in [-0.4, -0.2) is 56.7 Å². The van der Waals surface area contributed by atoms with Crippen molar-refractivity contribution in [1.82, 2.24) is 10.6 Å². The number of nitrogens with zero attached hydrogens (tertiary/aromatic N) is 2. The Labute approximate surface area is 176 Å². The Bertz CT molecular complexity index is 933. The van der Waals surface area contributed by atoms with Crippen molar-refractivity contribution < 1.29 is 19.1 Å². The maximum absolute atomic E-state index is 12.2. The Morgan fingerprint density at radius 1 is 1.17 bits per heavy atom. The molecule has 3 amide bonds. The molecule has 2 saturated heterocycles. The third-order valence-corrected chi connectivity index (χ3v) is 5.95. The SMILES string of the molecule is O=C(NCC1CN(c2ccc(N3CCNCC3=O)cc2)C(=O)O1)c1ccc(Cl)s1. The molecule has 0 radical (unpaired) electrons. The monoisotopic (exact) mass is 434 g/mol. The van der Waals surface area contributed by atoms with Crippen LogP contribution in [-0.2, 0) is 9.53 Å². The normalized spacial score (nSPS) is 19.4. The minimum absolute atomic E-state index is 0.0208. The van der Waals surface area contributed by atoms with Crippen molar-refractivity contribution in [2.45, 2.75) is 6.10 Å². The third kappa shape index (κ3) is 4.36. The first kappa shape index (κ1) is 19.7. The molecular formula is C19H19ClN4O4S. The number of carbonyl (C=O) groups is 3. The summed E-state index contributed by atoms with van der Waals surface area (Å²) in [6.07, 6.45) is -0.911. The molecule has 0 aliphatic carbocycles. The average molecular weight is 435 g/mol. The summed E-state index contributed by atoms with van der Waals surface area (Å²) in [5.74, 6) is -0.228. The van der Waals surface area contributed by atoms with Crippen molar-refractivity contribution in [2.24, 2.45) is 0 Å². The quantitative estimate of drug-likeness (QED) is 0.752. The molecule has 0 saturated carbocycles. The molecule has 10 heteroatoms. The van der Waals surface area contributed by atoms with Crippen molar-refractivity contribution in [1.29, 1.82) is 0 Å². The second-order valence-corrected chi connectivity index (χ2v) is 8.38. The average Bonchev–Trinajstić information content (AvgIpc) is 3.32. The standard InChI is InChI=1S/C19H19ClN4O4S/c20-16-6-5-15(29-16)18(26)22-9-14-11-24(19(27)28-14)13-3-1-12(2-4-13)23-8-7-21-10-17(23)25/h1-6,14,21H,7-11H2,(H,22,26).